The first-order chi connectivity index (χ1) is 7.79. The third-order valence-corrected chi connectivity index (χ3v) is 1.78. The van der Waals surface area contributed by atoms with Gasteiger partial charge in [-0.05, 0) is 0 Å². The van der Waals surface area contributed by atoms with Gasteiger partial charge >= 0.3 is 12.1 Å². The van der Waals surface area contributed by atoms with Crippen LogP contribution in [0.3, 0.4) is 0 Å². The average Bonchev–Trinajstić information content (AvgIpc) is 2.21. The molecule has 2 N–H and O–H groups in total. The molecule has 0 bridgehead atoms. The SMILES string of the molecule is O=C(O)C(F)(F)F.O=C1CNCCN1CCF. The van der Waals surface area contributed by atoms with E-state index in [2.05, 4.69) is 5.32 Å². The van der Waals surface area contributed by atoms with Crippen LogP contribution in [0.4, 0.5) is 17.6 Å². The number of rotatable bonds is 2. The van der Waals surface area contributed by atoms with Gasteiger partial charge in [0.25, 0.3) is 0 Å². The Morgan fingerprint density at radius 1 is 1.47 bits per heavy atom. The first kappa shape index (κ1) is 15.6. The van der Waals surface area contributed by atoms with Crippen LogP contribution >= 0.6 is 0 Å². The van der Waals surface area contributed by atoms with Crippen molar-refractivity contribution in [1.29, 1.82) is 0 Å². The van der Waals surface area contributed by atoms with Gasteiger partial charge in [0.05, 0.1) is 6.54 Å². The Hall–Kier alpha value is -1.38. The van der Waals surface area contributed by atoms with Crippen molar-refractivity contribution in [1.82, 2.24) is 10.2 Å². The molecule has 17 heavy (non-hydrogen) atoms. The molecule has 1 saturated heterocycles. The summed E-state index contributed by atoms with van der Waals surface area (Å²) in [7, 11) is 0. The molecule has 1 fully saturated rings. The predicted molar refractivity (Wildman–Crippen MR) is 49.1 cm³/mol. The smallest absolute Gasteiger partial charge is 0.475 e. The average molecular weight is 260 g/mol. The van der Waals surface area contributed by atoms with Gasteiger partial charge in [0.2, 0.25) is 5.91 Å². The van der Waals surface area contributed by atoms with E-state index >= 15 is 0 Å². The van der Waals surface area contributed by atoms with Gasteiger partial charge in [0.1, 0.15) is 6.67 Å². The van der Waals surface area contributed by atoms with Crippen molar-refractivity contribution in [3.8, 4) is 0 Å². The maximum atomic E-state index is 11.7. The normalized spacial score (nSPS) is 16.2. The topological polar surface area (TPSA) is 69.6 Å². The zero-order chi connectivity index (χ0) is 13.5. The van der Waals surface area contributed by atoms with Crippen molar-refractivity contribution in [3.05, 3.63) is 0 Å². The number of carbonyl (C=O) groups excluding carboxylic acids is 1. The number of halogens is 4. The third-order valence-electron chi connectivity index (χ3n) is 1.78. The molecule has 0 saturated carbocycles. The van der Waals surface area contributed by atoms with Crippen LogP contribution in [0.15, 0.2) is 0 Å². The predicted octanol–water partition coefficient (Wildman–Crippen LogP) is 0.0210. The molecule has 9 heteroatoms. The molecule has 1 amide bonds. The van der Waals surface area contributed by atoms with Crippen molar-refractivity contribution in [3.63, 3.8) is 0 Å². The Bertz CT molecular complexity index is 268. The van der Waals surface area contributed by atoms with E-state index in [9.17, 15) is 22.4 Å². The van der Waals surface area contributed by atoms with E-state index < -0.39 is 18.8 Å². The Labute approximate surface area is 94.4 Å². The highest BCUT2D eigenvalue weighted by Crippen LogP contribution is 2.13. The molecule has 0 spiro atoms. The largest absolute Gasteiger partial charge is 0.490 e. The van der Waals surface area contributed by atoms with Crippen LogP contribution in [0.25, 0.3) is 0 Å². The highest BCUT2D eigenvalue weighted by Gasteiger charge is 2.38. The van der Waals surface area contributed by atoms with Gasteiger partial charge in [-0.1, -0.05) is 0 Å². The first-order valence-corrected chi connectivity index (χ1v) is 4.63. The van der Waals surface area contributed by atoms with Crippen LogP contribution in [-0.2, 0) is 9.59 Å². The standard InChI is InChI=1S/C6H11FN2O.C2HF3O2/c7-1-3-9-4-2-8-5-6(9)10;3-2(4,5)1(6)7/h8H,1-5H2;(H,6,7). The number of nitrogens with one attached hydrogen (secondary N) is 1. The van der Waals surface area contributed by atoms with E-state index in [1.54, 1.807) is 0 Å². The quantitative estimate of drug-likeness (QED) is 0.687. The molecule has 100 valence electrons. The number of alkyl halides is 4. The number of aliphatic carboxylic acids is 1. The van der Waals surface area contributed by atoms with Crippen molar-refractivity contribution >= 4 is 11.9 Å². The number of nitrogens with zero attached hydrogens (tertiary/aromatic N) is 1. The molecular weight excluding hydrogens is 248 g/mol. The third kappa shape index (κ3) is 6.72. The summed E-state index contributed by atoms with van der Waals surface area (Å²) in [6.45, 7) is 1.60. The molecule has 0 aliphatic carbocycles. The van der Waals surface area contributed by atoms with Crippen LogP contribution in [0.5, 0.6) is 0 Å². The summed E-state index contributed by atoms with van der Waals surface area (Å²) in [5.74, 6) is -2.75. The van der Waals surface area contributed by atoms with Gasteiger partial charge in [-0.3, -0.25) is 4.79 Å². The van der Waals surface area contributed by atoms with E-state index in [0.717, 1.165) is 6.54 Å². The molecule has 0 unspecified atom stereocenters. The molecule has 1 heterocycles. The lowest BCUT2D eigenvalue weighted by atomic mass is 10.3. The molecule has 0 aromatic heterocycles. The molecular formula is C8H12F4N2O3. The van der Waals surface area contributed by atoms with Crippen molar-refractivity contribution in [2.45, 2.75) is 6.18 Å². The van der Waals surface area contributed by atoms with Crippen LogP contribution < -0.4 is 5.32 Å². The lowest BCUT2D eigenvalue weighted by Gasteiger charge is -2.25. The van der Waals surface area contributed by atoms with Crippen LogP contribution in [0.1, 0.15) is 0 Å². The second kappa shape index (κ2) is 7.05. The number of hydrogen-bond acceptors (Lipinski definition) is 3. The Morgan fingerprint density at radius 2 is 2.00 bits per heavy atom. The fourth-order valence-electron chi connectivity index (χ4n) is 0.984. The zero-order valence-electron chi connectivity index (χ0n) is 8.76. The molecule has 1 aliphatic heterocycles. The Morgan fingerprint density at radius 3 is 2.35 bits per heavy atom. The van der Waals surface area contributed by atoms with E-state index in [4.69, 9.17) is 9.90 Å². The second-order valence-corrected chi connectivity index (χ2v) is 3.05. The van der Waals surface area contributed by atoms with E-state index in [-0.39, 0.29) is 12.5 Å². The minimum absolute atomic E-state index is 0.00361. The fourth-order valence-corrected chi connectivity index (χ4v) is 0.984. The van der Waals surface area contributed by atoms with Gasteiger partial charge in [-0.2, -0.15) is 13.2 Å². The van der Waals surface area contributed by atoms with Crippen LogP contribution in [0.2, 0.25) is 0 Å². The molecule has 5 nitrogen and oxygen atoms in total. The zero-order valence-corrected chi connectivity index (χ0v) is 8.76. The molecule has 1 rings (SSSR count). The van der Waals surface area contributed by atoms with E-state index in [0.29, 0.717) is 13.1 Å². The minimum Gasteiger partial charge on any atom is -0.475 e. The summed E-state index contributed by atoms with van der Waals surface area (Å²) >= 11 is 0. The summed E-state index contributed by atoms with van der Waals surface area (Å²) in [5.41, 5.74) is 0. The monoisotopic (exact) mass is 260 g/mol. The van der Waals surface area contributed by atoms with Crippen LogP contribution in [-0.4, -0.2) is 60.9 Å². The number of carboxylic acids is 1. The molecule has 0 atom stereocenters. The summed E-state index contributed by atoms with van der Waals surface area (Å²) < 4.78 is 43.5. The molecule has 0 aromatic carbocycles. The van der Waals surface area contributed by atoms with Crippen molar-refractivity contribution < 1.29 is 32.3 Å². The molecule has 0 aromatic rings. The first-order valence-electron chi connectivity index (χ1n) is 4.63. The molecule has 1 aliphatic rings. The lowest BCUT2D eigenvalue weighted by molar-refractivity contribution is -0.192. The number of hydrogen-bond donors (Lipinski definition) is 2. The molecule has 0 radical (unpaired) electrons. The number of piperazine rings is 1. The van der Waals surface area contributed by atoms with Crippen LogP contribution in [0, 0.1) is 0 Å². The number of carbonyl (C=O) groups is 2. The van der Waals surface area contributed by atoms with Gasteiger partial charge < -0.3 is 15.3 Å². The van der Waals surface area contributed by atoms with Crippen molar-refractivity contribution in [2.24, 2.45) is 0 Å². The van der Waals surface area contributed by atoms with Gasteiger partial charge in [0.15, 0.2) is 0 Å². The van der Waals surface area contributed by atoms with Crippen molar-refractivity contribution in [2.75, 3.05) is 32.9 Å². The Balaban J connectivity index is 0.000000325. The summed E-state index contributed by atoms with van der Waals surface area (Å²) in [4.78, 5) is 21.3. The number of carboxylic acid groups (broad SMARTS) is 1. The van der Waals surface area contributed by atoms with Gasteiger partial charge in [0, 0.05) is 19.6 Å². The maximum absolute atomic E-state index is 11.7. The second-order valence-electron chi connectivity index (χ2n) is 3.05. The number of amides is 1. The summed E-state index contributed by atoms with van der Waals surface area (Å²) in [5, 5.41) is 10.0. The Kier molecular flexibility index (Phi) is 6.47. The van der Waals surface area contributed by atoms with E-state index in [1.165, 1.54) is 4.90 Å². The minimum atomic E-state index is -5.08. The fraction of sp³-hybridized carbons (Fsp3) is 0.750. The van der Waals surface area contributed by atoms with Gasteiger partial charge in [-0.25, -0.2) is 9.18 Å². The van der Waals surface area contributed by atoms with Gasteiger partial charge in [-0.15, -0.1) is 0 Å². The highest BCUT2D eigenvalue weighted by atomic mass is 19.4. The van der Waals surface area contributed by atoms with E-state index in [1.807, 2.05) is 0 Å². The lowest BCUT2D eigenvalue weighted by Crippen LogP contribution is -2.48. The highest BCUT2D eigenvalue weighted by molar-refractivity contribution is 5.78. The summed E-state index contributed by atoms with van der Waals surface area (Å²) in [6, 6.07) is 0. The maximum Gasteiger partial charge on any atom is 0.490 e. The summed E-state index contributed by atoms with van der Waals surface area (Å²) in [6.07, 6.45) is -5.08.